The number of carbonyl (C=O) groups excluding carboxylic acids is 2. The molecule has 35 heavy (non-hydrogen) atoms. The topological polar surface area (TPSA) is 89.6 Å². The lowest BCUT2D eigenvalue weighted by molar-refractivity contribution is 0.0860. The number of rotatable bonds is 8. The van der Waals surface area contributed by atoms with Gasteiger partial charge in [0, 0.05) is 22.5 Å². The molecule has 1 aromatic heterocycles. The first kappa shape index (κ1) is 25.3. The van der Waals surface area contributed by atoms with Crippen LogP contribution in [0, 0.1) is 0 Å². The molecule has 184 valence electrons. The first-order valence-corrected chi connectivity index (χ1v) is 12.8. The zero-order valence-electron chi connectivity index (χ0n) is 19.1. The van der Waals surface area contributed by atoms with E-state index < -0.39 is 0 Å². The Kier molecular flexibility index (Phi) is 8.49. The van der Waals surface area contributed by atoms with Gasteiger partial charge in [-0.1, -0.05) is 48.2 Å². The first-order chi connectivity index (χ1) is 16.9. The van der Waals surface area contributed by atoms with E-state index in [0.29, 0.717) is 32.8 Å². The molecule has 10 heteroatoms. The molecule has 0 bridgehead atoms. The summed E-state index contributed by atoms with van der Waals surface area (Å²) in [6.07, 6.45) is 3.46. The van der Waals surface area contributed by atoms with Gasteiger partial charge in [-0.25, -0.2) is 4.98 Å². The standard InChI is InChI=1S/C25H25Cl2N3O4S/c1-33-21-8-4-5-9-22(21)34-13-23-28-20(14-35-23)25(32)30-19-7-3-2-6-18(19)29-24(31)16-11-10-15(26)12-17(16)27/h4-5,8-12,14,18-19H,2-3,6-7,13H2,1H3,(H,29,31)(H,30,32)/t18-,19+/m0/s1. The maximum Gasteiger partial charge on any atom is 0.271 e. The number of methoxy groups -OCH3 is 1. The van der Waals surface area contributed by atoms with Gasteiger partial charge in [0.05, 0.1) is 17.7 Å². The minimum atomic E-state index is -0.290. The molecular formula is C25H25Cl2N3O4S. The van der Waals surface area contributed by atoms with E-state index in [0.717, 1.165) is 25.7 Å². The van der Waals surface area contributed by atoms with Crippen LogP contribution < -0.4 is 20.1 Å². The smallest absolute Gasteiger partial charge is 0.271 e. The third-order valence-corrected chi connectivity index (χ3v) is 7.15. The van der Waals surface area contributed by atoms with E-state index in [1.54, 1.807) is 24.6 Å². The van der Waals surface area contributed by atoms with Crippen LogP contribution in [-0.4, -0.2) is 36.0 Å². The van der Waals surface area contributed by atoms with Crippen LogP contribution in [0.2, 0.25) is 10.0 Å². The fraction of sp³-hybridized carbons (Fsp3) is 0.320. The van der Waals surface area contributed by atoms with Gasteiger partial charge in [-0.15, -0.1) is 11.3 Å². The molecule has 1 aliphatic rings. The SMILES string of the molecule is COc1ccccc1OCc1nc(C(=O)N[C@@H]2CCCC[C@@H]2NC(=O)c2ccc(Cl)cc2Cl)cs1. The van der Waals surface area contributed by atoms with Crippen molar-refractivity contribution in [3.8, 4) is 11.5 Å². The van der Waals surface area contributed by atoms with E-state index in [-0.39, 0.29) is 35.5 Å². The number of nitrogens with one attached hydrogen (secondary N) is 2. The van der Waals surface area contributed by atoms with Gasteiger partial charge in [-0.05, 0) is 43.2 Å². The van der Waals surface area contributed by atoms with Crippen molar-refractivity contribution in [2.45, 2.75) is 44.4 Å². The van der Waals surface area contributed by atoms with E-state index in [9.17, 15) is 9.59 Å². The number of aromatic nitrogens is 1. The molecule has 1 fully saturated rings. The fourth-order valence-corrected chi connectivity index (χ4v) is 5.18. The van der Waals surface area contributed by atoms with Crippen LogP contribution in [-0.2, 0) is 6.61 Å². The summed E-state index contributed by atoms with van der Waals surface area (Å²) in [5.74, 6) is 0.674. The second-order valence-electron chi connectivity index (χ2n) is 8.13. The van der Waals surface area contributed by atoms with E-state index in [4.69, 9.17) is 32.7 Å². The summed E-state index contributed by atoms with van der Waals surface area (Å²) in [6, 6.07) is 11.7. The molecule has 0 spiro atoms. The molecule has 1 heterocycles. The maximum absolute atomic E-state index is 12.9. The predicted octanol–water partition coefficient (Wildman–Crippen LogP) is 5.51. The van der Waals surface area contributed by atoms with Crippen molar-refractivity contribution in [2.24, 2.45) is 0 Å². The third-order valence-electron chi connectivity index (χ3n) is 5.78. The van der Waals surface area contributed by atoms with Gasteiger partial charge in [0.25, 0.3) is 11.8 Å². The Morgan fingerprint density at radius 3 is 2.40 bits per heavy atom. The molecule has 0 aliphatic heterocycles. The molecule has 2 aromatic carbocycles. The number of para-hydroxylation sites is 2. The summed E-state index contributed by atoms with van der Waals surface area (Å²) in [6.45, 7) is 0.224. The van der Waals surface area contributed by atoms with E-state index in [1.807, 2.05) is 24.3 Å². The van der Waals surface area contributed by atoms with E-state index in [1.165, 1.54) is 17.4 Å². The predicted molar refractivity (Wildman–Crippen MR) is 137 cm³/mol. The highest BCUT2D eigenvalue weighted by molar-refractivity contribution is 7.09. The number of ether oxygens (including phenoxy) is 2. The number of nitrogens with zero attached hydrogens (tertiary/aromatic N) is 1. The Labute approximate surface area is 217 Å². The molecule has 0 unspecified atom stereocenters. The van der Waals surface area contributed by atoms with Gasteiger partial charge in [0.1, 0.15) is 17.3 Å². The van der Waals surface area contributed by atoms with Crippen LogP contribution >= 0.6 is 34.5 Å². The summed E-state index contributed by atoms with van der Waals surface area (Å²) >= 11 is 13.5. The number of thiazole rings is 1. The van der Waals surface area contributed by atoms with Crippen LogP contribution in [0.25, 0.3) is 0 Å². The Hall–Kier alpha value is -2.81. The lowest BCUT2D eigenvalue weighted by atomic mass is 9.90. The van der Waals surface area contributed by atoms with Gasteiger partial charge in [-0.2, -0.15) is 0 Å². The Morgan fingerprint density at radius 2 is 1.71 bits per heavy atom. The summed E-state index contributed by atoms with van der Waals surface area (Å²) in [5, 5.41) is 9.21. The van der Waals surface area contributed by atoms with Crippen LogP contribution in [0.15, 0.2) is 47.8 Å². The molecule has 3 aromatic rings. The van der Waals surface area contributed by atoms with Gasteiger partial charge in [0.15, 0.2) is 11.5 Å². The van der Waals surface area contributed by atoms with Crippen molar-refractivity contribution in [1.29, 1.82) is 0 Å². The minimum Gasteiger partial charge on any atom is -0.493 e. The molecule has 2 atom stereocenters. The normalized spacial score (nSPS) is 17.5. The maximum atomic E-state index is 12.9. The minimum absolute atomic E-state index is 0.207. The largest absolute Gasteiger partial charge is 0.493 e. The van der Waals surface area contributed by atoms with Crippen molar-refractivity contribution in [3.05, 3.63) is 74.2 Å². The van der Waals surface area contributed by atoms with Gasteiger partial charge >= 0.3 is 0 Å². The van der Waals surface area contributed by atoms with Crippen LogP contribution in [0.1, 0.15) is 51.5 Å². The molecular weight excluding hydrogens is 509 g/mol. The Morgan fingerprint density at radius 1 is 1.03 bits per heavy atom. The summed E-state index contributed by atoms with van der Waals surface area (Å²) in [7, 11) is 1.58. The highest BCUT2D eigenvalue weighted by Gasteiger charge is 2.29. The van der Waals surface area contributed by atoms with Crippen LogP contribution in [0.4, 0.5) is 0 Å². The van der Waals surface area contributed by atoms with Crippen molar-refractivity contribution in [3.63, 3.8) is 0 Å². The van der Waals surface area contributed by atoms with Crippen molar-refractivity contribution in [1.82, 2.24) is 15.6 Å². The summed E-state index contributed by atoms with van der Waals surface area (Å²) < 4.78 is 11.1. The monoisotopic (exact) mass is 533 g/mol. The van der Waals surface area contributed by atoms with E-state index in [2.05, 4.69) is 15.6 Å². The Balaban J connectivity index is 1.36. The van der Waals surface area contributed by atoms with Crippen molar-refractivity contribution >= 4 is 46.4 Å². The zero-order chi connectivity index (χ0) is 24.8. The first-order valence-electron chi connectivity index (χ1n) is 11.2. The fourth-order valence-electron chi connectivity index (χ4n) is 4.00. The molecule has 0 saturated heterocycles. The molecule has 0 radical (unpaired) electrons. The average molecular weight is 534 g/mol. The zero-order valence-corrected chi connectivity index (χ0v) is 21.4. The quantitative estimate of drug-likeness (QED) is 0.398. The molecule has 7 nitrogen and oxygen atoms in total. The molecule has 2 N–H and O–H groups in total. The summed E-state index contributed by atoms with van der Waals surface area (Å²) in [5.41, 5.74) is 0.677. The Bertz CT molecular complexity index is 1200. The average Bonchev–Trinajstić information content (AvgIpc) is 3.33. The molecule has 2 amide bonds. The van der Waals surface area contributed by atoms with Gasteiger partial charge in [0.2, 0.25) is 0 Å². The molecule has 4 rings (SSSR count). The number of halogens is 2. The van der Waals surface area contributed by atoms with E-state index >= 15 is 0 Å². The molecule has 1 aliphatic carbocycles. The molecule has 1 saturated carbocycles. The highest BCUT2D eigenvalue weighted by atomic mass is 35.5. The number of hydrogen-bond acceptors (Lipinski definition) is 6. The second kappa shape index (κ2) is 11.7. The number of carbonyl (C=O) groups is 2. The van der Waals surface area contributed by atoms with Crippen LogP contribution in [0.3, 0.4) is 0 Å². The number of benzene rings is 2. The van der Waals surface area contributed by atoms with Crippen LogP contribution in [0.5, 0.6) is 11.5 Å². The van der Waals surface area contributed by atoms with Gasteiger partial charge < -0.3 is 20.1 Å². The number of hydrogen-bond donors (Lipinski definition) is 2. The lowest BCUT2D eigenvalue weighted by Crippen LogP contribution is -2.53. The van der Waals surface area contributed by atoms with Crippen molar-refractivity contribution in [2.75, 3.05) is 7.11 Å². The second-order valence-corrected chi connectivity index (χ2v) is 9.92. The lowest BCUT2D eigenvalue weighted by Gasteiger charge is -2.32. The van der Waals surface area contributed by atoms with Gasteiger partial charge in [-0.3, -0.25) is 9.59 Å². The third kappa shape index (κ3) is 6.45. The van der Waals surface area contributed by atoms with Crippen molar-refractivity contribution < 1.29 is 19.1 Å². The highest BCUT2D eigenvalue weighted by Crippen LogP contribution is 2.27. The summed E-state index contributed by atoms with van der Waals surface area (Å²) in [4.78, 5) is 30.1. The number of amides is 2.